The van der Waals surface area contributed by atoms with Gasteiger partial charge in [-0.1, -0.05) is 5.16 Å². The van der Waals surface area contributed by atoms with E-state index in [0.29, 0.717) is 18.4 Å². The Morgan fingerprint density at radius 3 is 2.77 bits per heavy atom. The third-order valence-corrected chi connectivity index (χ3v) is 4.10. The van der Waals surface area contributed by atoms with Crippen LogP contribution in [0, 0.1) is 13.8 Å². The largest absolute Gasteiger partial charge is 0.464 e. The minimum Gasteiger partial charge on any atom is -0.464 e. The van der Waals surface area contributed by atoms with E-state index in [9.17, 15) is 0 Å². The zero-order valence-corrected chi connectivity index (χ0v) is 13.4. The Hall–Kier alpha value is -2.14. The molecule has 0 aliphatic heterocycles. The number of likely N-dealkylation sites (N-methyl/N-ethyl adjacent to an activating group) is 1. The van der Waals surface area contributed by atoms with Gasteiger partial charge < -0.3 is 14.3 Å². The molecule has 0 saturated carbocycles. The molecule has 0 radical (unpaired) electrons. The number of rotatable bonds is 5. The quantitative estimate of drug-likeness (QED) is 0.784. The summed E-state index contributed by atoms with van der Waals surface area (Å²) in [5.41, 5.74) is 4.47. The summed E-state index contributed by atoms with van der Waals surface area (Å²) in [6.07, 6.45) is 3.13. The van der Waals surface area contributed by atoms with Gasteiger partial charge in [0.15, 0.2) is 5.82 Å². The number of benzene rings is 1. The number of hydrogen-bond donors (Lipinski definition) is 1. The van der Waals surface area contributed by atoms with Crippen molar-refractivity contribution in [2.75, 3.05) is 7.05 Å². The Morgan fingerprint density at radius 1 is 1.23 bits per heavy atom. The minimum absolute atomic E-state index is 0.325. The lowest BCUT2D eigenvalue weighted by Crippen LogP contribution is -2.24. The molecule has 1 unspecified atom stereocenters. The molecular weight excluding hydrogens is 278 g/mol. The molecule has 0 bridgehead atoms. The summed E-state index contributed by atoms with van der Waals surface area (Å²) < 4.78 is 11.0. The van der Waals surface area contributed by atoms with Gasteiger partial charge in [0.2, 0.25) is 5.89 Å². The summed E-state index contributed by atoms with van der Waals surface area (Å²) in [5.74, 6) is 1.36. The molecule has 0 aliphatic rings. The van der Waals surface area contributed by atoms with Crippen LogP contribution in [0.1, 0.15) is 35.3 Å². The fourth-order valence-corrected chi connectivity index (χ4v) is 2.46. The molecule has 22 heavy (non-hydrogen) atoms. The van der Waals surface area contributed by atoms with E-state index in [2.05, 4.69) is 48.4 Å². The van der Waals surface area contributed by atoms with Crippen molar-refractivity contribution in [2.45, 2.75) is 39.7 Å². The Bertz CT molecular complexity index is 788. The Labute approximate surface area is 129 Å². The number of nitrogens with zero attached hydrogens (tertiary/aromatic N) is 2. The van der Waals surface area contributed by atoms with Gasteiger partial charge in [-0.05, 0) is 51.1 Å². The van der Waals surface area contributed by atoms with Gasteiger partial charge in [-0.25, -0.2) is 0 Å². The van der Waals surface area contributed by atoms with Crippen LogP contribution >= 0.6 is 0 Å². The SMILES string of the molecule is CNC(C)Cc1noc(Cc2coc3cc(C)c(C)cc23)n1. The van der Waals surface area contributed by atoms with E-state index in [0.717, 1.165) is 28.8 Å². The monoisotopic (exact) mass is 299 g/mol. The van der Waals surface area contributed by atoms with E-state index in [-0.39, 0.29) is 0 Å². The molecule has 116 valence electrons. The summed E-state index contributed by atoms with van der Waals surface area (Å²) in [4.78, 5) is 4.46. The smallest absolute Gasteiger partial charge is 0.231 e. The van der Waals surface area contributed by atoms with Gasteiger partial charge in [-0.3, -0.25) is 0 Å². The summed E-state index contributed by atoms with van der Waals surface area (Å²) in [6.45, 7) is 6.28. The van der Waals surface area contributed by atoms with Crippen molar-refractivity contribution in [1.82, 2.24) is 15.5 Å². The first kappa shape index (κ1) is 14.8. The average Bonchev–Trinajstić information content (AvgIpc) is 3.08. The van der Waals surface area contributed by atoms with Crippen molar-refractivity contribution >= 4 is 11.0 Å². The Balaban J connectivity index is 1.83. The zero-order chi connectivity index (χ0) is 15.7. The third-order valence-electron chi connectivity index (χ3n) is 4.10. The molecule has 0 amide bonds. The van der Waals surface area contributed by atoms with E-state index in [1.807, 2.05) is 7.05 Å². The number of aryl methyl sites for hydroxylation is 2. The molecule has 1 atom stereocenters. The van der Waals surface area contributed by atoms with Crippen LogP contribution in [0.4, 0.5) is 0 Å². The fourth-order valence-electron chi connectivity index (χ4n) is 2.46. The highest BCUT2D eigenvalue weighted by Crippen LogP contribution is 2.26. The first-order valence-corrected chi connectivity index (χ1v) is 7.53. The van der Waals surface area contributed by atoms with Crippen molar-refractivity contribution in [3.8, 4) is 0 Å². The highest BCUT2D eigenvalue weighted by molar-refractivity contribution is 5.82. The third kappa shape index (κ3) is 2.90. The molecule has 2 aromatic heterocycles. The second kappa shape index (κ2) is 5.93. The predicted octanol–water partition coefficient (Wildman–Crippen LogP) is 3.17. The number of furan rings is 1. The van der Waals surface area contributed by atoms with Crippen LogP contribution in [-0.2, 0) is 12.8 Å². The molecule has 0 aliphatic carbocycles. The van der Waals surface area contributed by atoms with E-state index in [1.54, 1.807) is 6.26 Å². The van der Waals surface area contributed by atoms with Crippen molar-refractivity contribution in [3.05, 3.63) is 46.8 Å². The van der Waals surface area contributed by atoms with Crippen molar-refractivity contribution < 1.29 is 8.94 Å². The second-order valence-electron chi connectivity index (χ2n) is 5.87. The fraction of sp³-hybridized carbons (Fsp3) is 0.412. The van der Waals surface area contributed by atoms with Gasteiger partial charge in [0, 0.05) is 23.4 Å². The van der Waals surface area contributed by atoms with Crippen LogP contribution in [0.15, 0.2) is 27.3 Å². The molecule has 3 aromatic rings. The number of nitrogens with one attached hydrogen (secondary N) is 1. The van der Waals surface area contributed by atoms with Crippen molar-refractivity contribution in [1.29, 1.82) is 0 Å². The molecule has 1 N–H and O–H groups in total. The standard InChI is InChI=1S/C17H21N3O2/c1-10-5-14-13(9-21-15(14)6-11(10)2)8-17-19-16(20-22-17)7-12(3)18-4/h5-6,9,12,18H,7-8H2,1-4H3. The Morgan fingerprint density at radius 2 is 2.00 bits per heavy atom. The predicted molar refractivity (Wildman–Crippen MR) is 85.0 cm³/mol. The van der Waals surface area contributed by atoms with E-state index in [1.165, 1.54) is 11.1 Å². The summed E-state index contributed by atoms with van der Waals surface area (Å²) in [5, 5.41) is 8.32. The molecule has 3 rings (SSSR count). The molecule has 2 heterocycles. The zero-order valence-electron chi connectivity index (χ0n) is 13.4. The molecule has 0 saturated heterocycles. The Kier molecular flexibility index (Phi) is 3.98. The number of hydrogen-bond acceptors (Lipinski definition) is 5. The maximum Gasteiger partial charge on any atom is 0.231 e. The number of fused-ring (bicyclic) bond motifs is 1. The first-order valence-electron chi connectivity index (χ1n) is 7.53. The molecular formula is C17H21N3O2. The van der Waals surface area contributed by atoms with Gasteiger partial charge in [-0.2, -0.15) is 4.98 Å². The summed E-state index contributed by atoms with van der Waals surface area (Å²) in [7, 11) is 1.92. The minimum atomic E-state index is 0.325. The second-order valence-corrected chi connectivity index (χ2v) is 5.87. The van der Waals surface area contributed by atoms with Gasteiger partial charge in [0.25, 0.3) is 0 Å². The van der Waals surface area contributed by atoms with Crippen LogP contribution < -0.4 is 5.32 Å². The van der Waals surface area contributed by atoms with Crippen LogP contribution in [0.2, 0.25) is 0 Å². The lowest BCUT2D eigenvalue weighted by molar-refractivity contribution is 0.377. The first-order chi connectivity index (χ1) is 10.6. The van der Waals surface area contributed by atoms with Crippen LogP contribution in [0.25, 0.3) is 11.0 Å². The van der Waals surface area contributed by atoms with E-state index in [4.69, 9.17) is 8.94 Å². The number of aromatic nitrogens is 2. The van der Waals surface area contributed by atoms with Crippen LogP contribution in [0.5, 0.6) is 0 Å². The van der Waals surface area contributed by atoms with Crippen molar-refractivity contribution in [2.24, 2.45) is 0 Å². The maximum atomic E-state index is 5.65. The van der Waals surface area contributed by atoms with E-state index < -0.39 is 0 Å². The normalized spacial score (nSPS) is 12.9. The van der Waals surface area contributed by atoms with Crippen LogP contribution in [0.3, 0.4) is 0 Å². The summed E-state index contributed by atoms with van der Waals surface area (Å²) in [6, 6.07) is 4.55. The molecule has 0 spiro atoms. The van der Waals surface area contributed by atoms with E-state index >= 15 is 0 Å². The molecule has 1 aromatic carbocycles. The van der Waals surface area contributed by atoms with Crippen LogP contribution in [-0.4, -0.2) is 23.2 Å². The highest BCUT2D eigenvalue weighted by atomic mass is 16.5. The lowest BCUT2D eigenvalue weighted by Gasteiger charge is -2.04. The summed E-state index contributed by atoms with van der Waals surface area (Å²) >= 11 is 0. The van der Waals surface area contributed by atoms with Gasteiger partial charge >= 0.3 is 0 Å². The van der Waals surface area contributed by atoms with Gasteiger partial charge in [-0.15, -0.1) is 0 Å². The van der Waals surface area contributed by atoms with Gasteiger partial charge in [0.05, 0.1) is 12.7 Å². The van der Waals surface area contributed by atoms with Gasteiger partial charge in [0.1, 0.15) is 5.58 Å². The average molecular weight is 299 g/mol. The topological polar surface area (TPSA) is 64.1 Å². The van der Waals surface area contributed by atoms with Crippen molar-refractivity contribution in [3.63, 3.8) is 0 Å². The lowest BCUT2D eigenvalue weighted by atomic mass is 10.0. The highest BCUT2D eigenvalue weighted by Gasteiger charge is 2.14. The molecule has 5 heteroatoms. The molecule has 5 nitrogen and oxygen atoms in total. The maximum absolute atomic E-state index is 5.65. The molecule has 0 fully saturated rings.